The Labute approximate surface area is 111 Å². The maximum Gasteiger partial charge on any atom is 0.250 e. The summed E-state index contributed by atoms with van der Waals surface area (Å²) in [4.78, 5) is 11.4. The van der Waals surface area contributed by atoms with Gasteiger partial charge in [0.05, 0.1) is 0 Å². The normalized spacial score (nSPS) is 10.6. The van der Waals surface area contributed by atoms with E-state index in [-0.39, 0.29) is 11.4 Å². The summed E-state index contributed by atoms with van der Waals surface area (Å²) in [7, 11) is 0. The number of hydrogen-bond donors (Lipinski definition) is 1. The zero-order valence-corrected chi connectivity index (χ0v) is 10.7. The fraction of sp³-hybridized carbons (Fsp3) is 0.267. The monoisotopic (exact) mass is 260 g/mol. The van der Waals surface area contributed by atoms with Gasteiger partial charge in [0.1, 0.15) is 5.82 Å². The number of benzene rings is 1. The van der Waals surface area contributed by atoms with E-state index in [0.717, 1.165) is 0 Å². The third-order valence-electron chi connectivity index (χ3n) is 2.96. The molecule has 0 aliphatic rings. The van der Waals surface area contributed by atoms with Crippen molar-refractivity contribution in [3.63, 3.8) is 0 Å². The highest BCUT2D eigenvalue weighted by Gasteiger charge is 1.99. The summed E-state index contributed by atoms with van der Waals surface area (Å²) < 4.78 is 15.0. The van der Waals surface area contributed by atoms with Crippen molar-refractivity contribution in [1.82, 2.24) is 9.88 Å². The van der Waals surface area contributed by atoms with Crippen molar-refractivity contribution < 1.29 is 4.39 Å². The van der Waals surface area contributed by atoms with Gasteiger partial charge >= 0.3 is 0 Å². The summed E-state index contributed by atoms with van der Waals surface area (Å²) >= 11 is 0. The fourth-order valence-electron chi connectivity index (χ4n) is 1.89. The highest BCUT2D eigenvalue weighted by molar-refractivity contribution is 5.17. The average molecular weight is 260 g/mol. The first-order valence-corrected chi connectivity index (χ1v) is 6.37. The molecule has 1 heterocycles. The van der Waals surface area contributed by atoms with E-state index in [1.165, 1.54) is 6.07 Å². The van der Waals surface area contributed by atoms with Crippen LogP contribution in [0.3, 0.4) is 0 Å². The van der Waals surface area contributed by atoms with Crippen LogP contribution < -0.4 is 10.9 Å². The van der Waals surface area contributed by atoms with Crippen molar-refractivity contribution in [3.05, 3.63) is 70.4 Å². The van der Waals surface area contributed by atoms with Gasteiger partial charge in [0.15, 0.2) is 0 Å². The van der Waals surface area contributed by atoms with Gasteiger partial charge in [-0.05, 0) is 30.7 Å². The van der Waals surface area contributed by atoms with Gasteiger partial charge in [-0.25, -0.2) is 4.39 Å². The van der Waals surface area contributed by atoms with Crippen LogP contribution in [0.5, 0.6) is 0 Å². The van der Waals surface area contributed by atoms with E-state index >= 15 is 0 Å². The fourth-order valence-corrected chi connectivity index (χ4v) is 1.89. The second kappa shape index (κ2) is 6.85. The highest BCUT2D eigenvalue weighted by Crippen LogP contribution is 2.05. The van der Waals surface area contributed by atoms with Crippen LogP contribution in [-0.4, -0.2) is 17.7 Å². The molecule has 1 aromatic heterocycles. The Kier molecular flexibility index (Phi) is 4.86. The minimum absolute atomic E-state index is 0.00148. The molecule has 0 amide bonds. The maximum atomic E-state index is 13.3. The molecule has 2 rings (SSSR count). The van der Waals surface area contributed by atoms with Gasteiger partial charge in [-0.1, -0.05) is 24.3 Å². The molecule has 0 bridgehead atoms. The largest absolute Gasteiger partial charge is 0.315 e. The molecule has 100 valence electrons. The van der Waals surface area contributed by atoms with Crippen molar-refractivity contribution >= 4 is 0 Å². The van der Waals surface area contributed by atoms with E-state index in [9.17, 15) is 9.18 Å². The smallest absolute Gasteiger partial charge is 0.250 e. The zero-order valence-electron chi connectivity index (χ0n) is 10.7. The van der Waals surface area contributed by atoms with Crippen LogP contribution in [-0.2, 0) is 13.0 Å². The molecule has 0 saturated carbocycles. The first-order chi connectivity index (χ1) is 9.27. The Bertz CT molecular complexity index is 580. The molecule has 0 fully saturated rings. The van der Waals surface area contributed by atoms with E-state index < -0.39 is 0 Å². The van der Waals surface area contributed by atoms with Gasteiger partial charge in [-0.3, -0.25) is 4.79 Å². The van der Waals surface area contributed by atoms with Crippen LogP contribution >= 0.6 is 0 Å². The molecule has 19 heavy (non-hydrogen) atoms. The van der Waals surface area contributed by atoms with Crippen LogP contribution in [0.25, 0.3) is 0 Å². The number of nitrogens with one attached hydrogen (secondary N) is 1. The number of hydrogen-bond acceptors (Lipinski definition) is 2. The van der Waals surface area contributed by atoms with E-state index in [4.69, 9.17) is 0 Å². The van der Waals surface area contributed by atoms with Crippen molar-refractivity contribution in [2.24, 2.45) is 0 Å². The third-order valence-corrected chi connectivity index (χ3v) is 2.96. The Morgan fingerprint density at radius 1 is 1.05 bits per heavy atom. The summed E-state index contributed by atoms with van der Waals surface area (Å²) in [6.45, 7) is 2.01. The predicted molar refractivity (Wildman–Crippen MR) is 73.7 cm³/mol. The second-order valence-electron chi connectivity index (χ2n) is 4.32. The Hall–Kier alpha value is -1.94. The molecule has 1 aromatic carbocycles. The predicted octanol–water partition coefficient (Wildman–Crippen LogP) is 1.82. The molecule has 4 heteroatoms. The molecule has 1 N–H and O–H groups in total. The number of rotatable bonds is 6. The standard InChI is InChI=1S/C15H17FN2O/c16-14-6-2-1-5-13(14)8-9-17-10-12-18-11-4-3-7-15(18)19/h1-7,11,17H,8-10,12H2. The Morgan fingerprint density at radius 2 is 1.84 bits per heavy atom. The topological polar surface area (TPSA) is 34.0 Å². The first-order valence-electron chi connectivity index (χ1n) is 6.37. The molecular weight excluding hydrogens is 243 g/mol. The van der Waals surface area contributed by atoms with Crippen molar-refractivity contribution in [1.29, 1.82) is 0 Å². The molecule has 2 aromatic rings. The molecular formula is C15H17FN2O. The van der Waals surface area contributed by atoms with E-state index in [0.29, 0.717) is 31.6 Å². The van der Waals surface area contributed by atoms with Gasteiger partial charge in [-0.15, -0.1) is 0 Å². The number of halogens is 1. The van der Waals surface area contributed by atoms with Crippen LogP contribution in [0.1, 0.15) is 5.56 Å². The lowest BCUT2D eigenvalue weighted by atomic mass is 10.1. The van der Waals surface area contributed by atoms with E-state index in [1.54, 1.807) is 35.0 Å². The quantitative estimate of drug-likeness (QED) is 0.804. The maximum absolute atomic E-state index is 13.3. The van der Waals surface area contributed by atoms with Crippen molar-refractivity contribution in [2.45, 2.75) is 13.0 Å². The number of nitrogens with zero attached hydrogens (tertiary/aromatic N) is 1. The van der Waals surface area contributed by atoms with Crippen LogP contribution in [0.4, 0.5) is 4.39 Å². The lowest BCUT2D eigenvalue weighted by Crippen LogP contribution is -2.27. The Balaban J connectivity index is 1.72. The molecule has 0 unspecified atom stereocenters. The van der Waals surface area contributed by atoms with Gasteiger partial charge in [0.25, 0.3) is 5.56 Å². The molecule has 0 aliphatic carbocycles. The third kappa shape index (κ3) is 4.03. The average Bonchev–Trinajstić information content (AvgIpc) is 2.42. The van der Waals surface area contributed by atoms with Gasteiger partial charge < -0.3 is 9.88 Å². The SMILES string of the molecule is O=c1ccccn1CCNCCc1ccccc1F. The summed E-state index contributed by atoms with van der Waals surface area (Å²) in [6, 6.07) is 11.9. The Morgan fingerprint density at radius 3 is 2.63 bits per heavy atom. The van der Waals surface area contributed by atoms with Crippen LogP contribution in [0, 0.1) is 5.82 Å². The molecule has 0 saturated heterocycles. The van der Waals surface area contributed by atoms with Crippen molar-refractivity contribution in [3.8, 4) is 0 Å². The van der Waals surface area contributed by atoms with Crippen LogP contribution in [0.2, 0.25) is 0 Å². The summed E-state index contributed by atoms with van der Waals surface area (Å²) in [5.74, 6) is -0.163. The molecule has 3 nitrogen and oxygen atoms in total. The minimum atomic E-state index is -0.163. The number of aromatic nitrogens is 1. The van der Waals surface area contributed by atoms with E-state index in [2.05, 4.69) is 5.32 Å². The second-order valence-corrected chi connectivity index (χ2v) is 4.32. The van der Waals surface area contributed by atoms with Crippen molar-refractivity contribution in [2.75, 3.05) is 13.1 Å². The lowest BCUT2D eigenvalue weighted by molar-refractivity contribution is 0.571. The van der Waals surface area contributed by atoms with Gasteiger partial charge in [-0.2, -0.15) is 0 Å². The molecule has 0 atom stereocenters. The number of pyridine rings is 1. The minimum Gasteiger partial charge on any atom is -0.315 e. The lowest BCUT2D eigenvalue weighted by Gasteiger charge is -2.07. The van der Waals surface area contributed by atoms with Gasteiger partial charge in [0.2, 0.25) is 0 Å². The van der Waals surface area contributed by atoms with E-state index in [1.807, 2.05) is 12.1 Å². The molecule has 0 spiro atoms. The summed E-state index contributed by atoms with van der Waals surface area (Å²) in [6.07, 6.45) is 2.41. The van der Waals surface area contributed by atoms with Crippen LogP contribution in [0.15, 0.2) is 53.5 Å². The molecule has 0 aliphatic heterocycles. The first kappa shape index (κ1) is 13.5. The zero-order chi connectivity index (χ0) is 13.5. The highest BCUT2D eigenvalue weighted by atomic mass is 19.1. The van der Waals surface area contributed by atoms with Gasteiger partial charge in [0, 0.05) is 25.4 Å². The summed E-state index contributed by atoms with van der Waals surface area (Å²) in [5, 5.41) is 3.21. The summed E-state index contributed by atoms with van der Waals surface area (Å²) in [5.41, 5.74) is 0.713. The molecule has 0 radical (unpaired) electrons.